The van der Waals surface area contributed by atoms with E-state index in [1.54, 1.807) is 0 Å². The molecule has 0 saturated carbocycles. The lowest BCUT2D eigenvalue weighted by Gasteiger charge is -2.24. The van der Waals surface area contributed by atoms with E-state index in [1.165, 1.54) is 23.2 Å². The topological polar surface area (TPSA) is 69.2 Å². The fourth-order valence-corrected chi connectivity index (χ4v) is 2.60. The van der Waals surface area contributed by atoms with Crippen LogP contribution in [0.4, 0.5) is 8.78 Å². The summed E-state index contributed by atoms with van der Waals surface area (Å²) >= 11 is 0. The minimum absolute atomic E-state index is 0.140. The van der Waals surface area contributed by atoms with Crippen LogP contribution in [0, 0.1) is 11.6 Å². The molecule has 0 spiro atoms. The Morgan fingerprint density at radius 3 is 2.81 bits per heavy atom. The maximum Gasteiger partial charge on any atom is 0.272 e. The summed E-state index contributed by atoms with van der Waals surface area (Å²) in [4.78, 5) is 13.8. The molecule has 1 aromatic carbocycles. The number of H-pyrrole nitrogens is 1. The highest BCUT2D eigenvalue weighted by Crippen LogP contribution is 2.33. The van der Waals surface area contributed by atoms with Crippen molar-refractivity contribution in [3.63, 3.8) is 0 Å². The van der Waals surface area contributed by atoms with Crippen LogP contribution in [0.1, 0.15) is 28.5 Å². The van der Waals surface area contributed by atoms with Crippen LogP contribution in [0.2, 0.25) is 0 Å². The number of amides is 1. The number of aromatic amines is 1. The summed E-state index contributed by atoms with van der Waals surface area (Å²) in [6.45, 7) is 0.140. The minimum atomic E-state index is -0.970. The van der Waals surface area contributed by atoms with Crippen LogP contribution in [0.25, 0.3) is 0 Å². The average Bonchev–Trinajstić information content (AvgIpc) is 3.10. The van der Waals surface area contributed by atoms with Crippen molar-refractivity contribution in [3.05, 3.63) is 53.4 Å². The monoisotopic (exact) mass is 293 g/mol. The molecule has 2 heterocycles. The number of nitrogens with one attached hydrogen (secondary N) is 1. The molecule has 1 aliphatic rings. The van der Waals surface area contributed by atoms with Crippen molar-refractivity contribution in [2.45, 2.75) is 18.6 Å². The zero-order valence-electron chi connectivity index (χ0n) is 11.0. The van der Waals surface area contributed by atoms with E-state index < -0.39 is 23.8 Å². The second-order valence-electron chi connectivity index (χ2n) is 5.01. The number of likely N-dealkylation sites (tertiary alicyclic amines) is 1. The van der Waals surface area contributed by atoms with Gasteiger partial charge in [-0.25, -0.2) is 8.78 Å². The number of aromatic nitrogens is 2. The van der Waals surface area contributed by atoms with E-state index in [2.05, 4.69) is 10.2 Å². The van der Waals surface area contributed by atoms with Crippen LogP contribution >= 0.6 is 0 Å². The number of β-amino-alcohol motifs (C(OH)–C–C–N with tert-alkyl or cyclic N) is 1. The molecule has 2 N–H and O–H groups in total. The van der Waals surface area contributed by atoms with E-state index in [-0.39, 0.29) is 24.6 Å². The molecule has 1 aliphatic heterocycles. The average molecular weight is 293 g/mol. The highest BCUT2D eigenvalue weighted by Gasteiger charge is 2.36. The van der Waals surface area contributed by atoms with E-state index in [0.717, 1.165) is 12.1 Å². The van der Waals surface area contributed by atoms with Crippen LogP contribution in [0.3, 0.4) is 0 Å². The van der Waals surface area contributed by atoms with Crippen molar-refractivity contribution in [1.29, 1.82) is 0 Å². The third kappa shape index (κ3) is 2.52. The molecular weight excluding hydrogens is 280 g/mol. The van der Waals surface area contributed by atoms with Gasteiger partial charge in [0.05, 0.1) is 12.1 Å². The fraction of sp³-hybridized carbons (Fsp3) is 0.286. The largest absolute Gasteiger partial charge is 0.391 e. The van der Waals surface area contributed by atoms with Gasteiger partial charge in [-0.1, -0.05) is 6.07 Å². The summed E-state index contributed by atoms with van der Waals surface area (Å²) in [5.41, 5.74) is 0.745. The second-order valence-corrected chi connectivity index (χ2v) is 5.01. The summed E-state index contributed by atoms with van der Waals surface area (Å²) in [5.74, 6) is -2.25. The molecule has 0 bridgehead atoms. The summed E-state index contributed by atoms with van der Waals surface area (Å²) in [6, 6.07) is 4.54. The lowest BCUT2D eigenvalue weighted by molar-refractivity contribution is 0.0709. The van der Waals surface area contributed by atoms with Gasteiger partial charge in [0, 0.05) is 12.7 Å². The summed E-state index contributed by atoms with van der Waals surface area (Å²) in [7, 11) is 0. The molecule has 7 heteroatoms. The van der Waals surface area contributed by atoms with E-state index >= 15 is 0 Å². The molecule has 21 heavy (non-hydrogen) atoms. The van der Waals surface area contributed by atoms with Crippen LogP contribution in [-0.2, 0) is 0 Å². The van der Waals surface area contributed by atoms with Gasteiger partial charge in [0.15, 0.2) is 11.6 Å². The molecule has 1 fully saturated rings. The molecule has 3 rings (SSSR count). The zero-order chi connectivity index (χ0) is 15.0. The van der Waals surface area contributed by atoms with E-state index in [0.29, 0.717) is 5.56 Å². The van der Waals surface area contributed by atoms with Crippen molar-refractivity contribution in [2.75, 3.05) is 6.54 Å². The van der Waals surface area contributed by atoms with Gasteiger partial charge in [-0.3, -0.25) is 9.89 Å². The molecule has 5 nitrogen and oxygen atoms in total. The van der Waals surface area contributed by atoms with Gasteiger partial charge in [-0.2, -0.15) is 5.10 Å². The standard InChI is InChI=1S/C14H13F2N3O2/c15-10-2-1-8(5-11(10)16)13-6-9(20)7-19(13)14(21)12-3-4-17-18-12/h1-5,9,13,20H,6-7H2,(H,17,18)/t9-,13+/m0/s1. The smallest absolute Gasteiger partial charge is 0.272 e. The number of aliphatic hydroxyl groups is 1. The van der Waals surface area contributed by atoms with Crippen LogP contribution < -0.4 is 0 Å². The quantitative estimate of drug-likeness (QED) is 0.884. The lowest BCUT2D eigenvalue weighted by Crippen LogP contribution is -2.32. The first-order valence-electron chi connectivity index (χ1n) is 6.49. The van der Waals surface area contributed by atoms with Crippen LogP contribution in [0.5, 0.6) is 0 Å². The number of nitrogens with zero attached hydrogens (tertiary/aromatic N) is 2. The normalized spacial score (nSPS) is 21.8. The van der Waals surface area contributed by atoms with Gasteiger partial charge in [-0.15, -0.1) is 0 Å². The second kappa shape index (κ2) is 5.25. The molecular formula is C14H13F2N3O2. The third-order valence-electron chi connectivity index (χ3n) is 3.60. The van der Waals surface area contributed by atoms with Gasteiger partial charge in [-0.05, 0) is 30.2 Å². The Bertz CT molecular complexity index is 660. The molecule has 0 aliphatic carbocycles. The van der Waals surface area contributed by atoms with Gasteiger partial charge in [0.1, 0.15) is 5.69 Å². The van der Waals surface area contributed by atoms with Crippen LogP contribution in [0.15, 0.2) is 30.5 Å². The SMILES string of the molecule is O=C(c1ccn[nH]1)N1C[C@@H](O)C[C@@H]1c1ccc(F)c(F)c1. The Kier molecular flexibility index (Phi) is 3.42. The molecule has 1 aromatic heterocycles. The number of hydrogen-bond donors (Lipinski definition) is 2. The molecule has 0 unspecified atom stereocenters. The Labute approximate surface area is 119 Å². The molecule has 2 atom stereocenters. The molecule has 110 valence electrons. The summed E-state index contributed by atoms with van der Waals surface area (Å²) in [6.07, 6.45) is 1.03. The van der Waals surface area contributed by atoms with Crippen molar-refractivity contribution in [3.8, 4) is 0 Å². The van der Waals surface area contributed by atoms with Crippen molar-refractivity contribution in [1.82, 2.24) is 15.1 Å². The number of hydrogen-bond acceptors (Lipinski definition) is 3. The molecule has 1 saturated heterocycles. The first-order chi connectivity index (χ1) is 10.1. The number of benzene rings is 1. The van der Waals surface area contributed by atoms with Crippen molar-refractivity contribution < 1.29 is 18.7 Å². The predicted molar refractivity (Wildman–Crippen MR) is 69.3 cm³/mol. The summed E-state index contributed by atoms with van der Waals surface area (Å²) in [5, 5.41) is 16.1. The molecule has 2 aromatic rings. The first-order valence-corrected chi connectivity index (χ1v) is 6.49. The first kappa shape index (κ1) is 13.7. The molecule has 0 radical (unpaired) electrons. The number of halogens is 2. The van der Waals surface area contributed by atoms with Crippen LogP contribution in [-0.4, -0.2) is 38.8 Å². The van der Waals surface area contributed by atoms with Gasteiger partial charge < -0.3 is 10.0 Å². The lowest BCUT2D eigenvalue weighted by atomic mass is 10.0. The van der Waals surface area contributed by atoms with Crippen molar-refractivity contribution in [2.24, 2.45) is 0 Å². The highest BCUT2D eigenvalue weighted by atomic mass is 19.2. The number of carbonyl (C=O) groups is 1. The van der Waals surface area contributed by atoms with Crippen molar-refractivity contribution >= 4 is 5.91 Å². The Morgan fingerprint density at radius 1 is 1.33 bits per heavy atom. The van der Waals surface area contributed by atoms with E-state index in [9.17, 15) is 18.7 Å². The maximum absolute atomic E-state index is 13.4. The van der Waals surface area contributed by atoms with Gasteiger partial charge in [0.25, 0.3) is 5.91 Å². The third-order valence-corrected chi connectivity index (χ3v) is 3.60. The number of aliphatic hydroxyl groups excluding tert-OH is 1. The highest BCUT2D eigenvalue weighted by molar-refractivity contribution is 5.92. The minimum Gasteiger partial charge on any atom is -0.391 e. The fourth-order valence-electron chi connectivity index (χ4n) is 2.60. The van der Waals surface area contributed by atoms with Gasteiger partial charge >= 0.3 is 0 Å². The van der Waals surface area contributed by atoms with E-state index in [4.69, 9.17) is 0 Å². The maximum atomic E-state index is 13.4. The Hall–Kier alpha value is -2.28. The summed E-state index contributed by atoms with van der Waals surface area (Å²) < 4.78 is 26.4. The van der Waals surface area contributed by atoms with Gasteiger partial charge in [0.2, 0.25) is 0 Å². The van der Waals surface area contributed by atoms with E-state index in [1.807, 2.05) is 0 Å². The Balaban J connectivity index is 1.92. The zero-order valence-corrected chi connectivity index (χ0v) is 11.0. The molecule has 1 amide bonds. The predicted octanol–water partition coefficient (Wildman–Crippen LogP) is 1.64. The number of carbonyl (C=O) groups excluding carboxylic acids is 1. The Morgan fingerprint density at radius 2 is 2.14 bits per heavy atom. The number of rotatable bonds is 2.